The van der Waals surface area contributed by atoms with E-state index in [1.807, 2.05) is 13.8 Å². The summed E-state index contributed by atoms with van der Waals surface area (Å²) in [5.41, 5.74) is 2.85. The predicted octanol–water partition coefficient (Wildman–Crippen LogP) is 2.60. The molecule has 3 aromatic rings. The van der Waals surface area contributed by atoms with Gasteiger partial charge in [-0.3, -0.25) is 14.7 Å². The van der Waals surface area contributed by atoms with Crippen LogP contribution in [0, 0.1) is 5.92 Å². The van der Waals surface area contributed by atoms with Crippen LogP contribution in [-0.2, 0) is 0 Å². The van der Waals surface area contributed by atoms with E-state index in [4.69, 9.17) is 0 Å². The number of carbonyl (C=O) groups is 2. The maximum Gasteiger partial charge on any atom is 0.274 e. The van der Waals surface area contributed by atoms with Crippen molar-refractivity contribution in [3.8, 4) is 0 Å². The molecule has 0 saturated heterocycles. The number of aromatic amines is 1. The first-order valence-electron chi connectivity index (χ1n) is 8.02. The largest absolute Gasteiger partial charge is 0.352 e. The molecule has 2 heterocycles. The molecule has 128 valence electrons. The van der Waals surface area contributed by atoms with Crippen molar-refractivity contribution < 1.29 is 9.59 Å². The van der Waals surface area contributed by atoms with Gasteiger partial charge in [-0.15, -0.1) is 0 Å². The summed E-state index contributed by atoms with van der Waals surface area (Å²) in [6.45, 7) is 4.70. The van der Waals surface area contributed by atoms with Crippen molar-refractivity contribution in [3.05, 3.63) is 53.9 Å². The molecule has 7 heteroatoms. The summed E-state index contributed by atoms with van der Waals surface area (Å²) >= 11 is 0. The summed E-state index contributed by atoms with van der Waals surface area (Å²) in [7, 11) is 0. The van der Waals surface area contributed by atoms with Crippen LogP contribution in [-0.4, -0.2) is 33.5 Å². The number of amides is 2. The Hall–Kier alpha value is -3.22. The minimum absolute atomic E-state index is 0.126. The fraction of sp³-hybridized carbons (Fsp3) is 0.222. The first-order chi connectivity index (χ1) is 12.0. The van der Waals surface area contributed by atoms with Crippen LogP contribution in [0.5, 0.6) is 0 Å². The second-order valence-corrected chi connectivity index (χ2v) is 6.13. The summed E-state index contributed by atoms with van der Waals surface area (Å²) in [6.07, 6.45) is 1.57. The maximum atomic E-state index is 12.3. The molecule has 0 fully saturated rings. The zero-order valence-corrected chi connectivity index (χ0v) is 14.0. The number of nitrogens with zero attached hydrogens (tertiary/aromatic N) is 2. The molecule has 7 nitrogen and oxygen atoms in total. The topological polar surface area (TPSA) is 99.8 Å². The molecule has 0 radical (unpaired) electrons. The van der Waals surface area contributed by atoms with Gasteiger partial charge in [-0.2, -0.15) is 5.10 Å². The SMILES string of the molecule is CC(C)CNC(=O)c1ccc(NC(=O)c2ccc3[nH]ncc3n2)cc1. The minimum atomic E-state index is -0.319. The van der Waals surface area contributed by atoms with E-state index < -0.39 is 0 Å². The average molecular weight is 337 g/mol. The Morgan fingerprint density at radius 3 is 2.56 bits per heavy atom. The van der Waals surface area contributed by atoms with E-state index >= 15 is 0 Å². The maximum absolute atomic E-state index is 12.3. The lowest BCUT2D eigenvalue weighted by Crippen LogP contribution is -2.27. The van der Waals surface area contributed by atoms with Gasteiger partial charge in [-0.05, 0) is 42.3 Å². The molecule has 3 N–H and O–H groups in total. The lowest BCUT2D eigenvalue weighted by Gasteiger charge is -2.09. The van der Waals surface area contributed by atoms with Gasteiger partial charge in [-0.1, -0.05) is 13.8 Å². The molecule has 1 aromatic carbocycles. The fourth-order valence-corrected chi connectivity index (χ4v) is 2.26. The van der Waals surface area contributed by atoms with Crippen LogP contribution in [0.3, 0.4) is 0 Å². The zero-order valence-electron chi connectivity index (χ0n) is 14.0. The van der Waals surface area contributed by atoms with E-state index in [1.165, 1.54) is 0 Å². The highest BCUT2D eigenvalue weighted by Crippen LogP contribution is 2.13. The van der Waals surface area contributed by atoms with Gasteiger partial charge >= 0.3 is 0 Å². The van der Waals surface area contributed by atoms with Crippen LogP contribution in [0.2, 0.25) is 0 Å². The number of fused-ring (bicyclic) bond motifs is 1. The van der Waals surface area contributed by atoms with Gasteiger partial charge in [-0.25, -0.2) is 4.98 Å². The standard InChI is InChI=1S/C18H19N5O2/c1-11(2)9-19-17(24)12-3-5-13(6-4-12)21-18(25)15-8-7-14-16(22-15)10-20-23-14/h3-8,10-11H,9H2,1-2H3,(H,19,24)(H,20,23)(H,21,25). The monoisotopic (exact) mass is 337 g/mol. The van der Waals surface area contributed by atoms with E-state index in [2.05, 4.69) is 25.8 Å². The minimum Gasteiger partial charge on any atom is -0.352 e. The highest BCUT2D eigenvalue weighted by Gasteiger charge is 2.10. The number of aromatic nitrogens is 3. The van der Waals surface area contributed by atoms with Gasteiger partial charge < -0.3 is 10.6 Å². The number of hydrogen-bond acceptors (Lipinski definition) is 4. The number of H-pyrrole nitrogens is 1. The highest BCUT2D eigenvalue weighted by atomic mass is 16.2. The summed E-state index contributed by atoms with van der Waals surface area (Å²) in [6, 6.07) is 10.1. The van der Waals surface area contributed by atoms with Gasteiger partial charge in [0.2, 0.25) is 0 Å². The summed E-state index contributed by atoms with van der Waals surface area (Å²) in [5.74, 6) is -0.0543. The molecule has 25 heavy (non-hydrogen) atoms. The molecule has 0 bridgehead atoms. The summed E-state index contributed by atoms with van der Waals surface area (Å²) < 4.78 is 0. The lowest BCUT2D eigenvalue weighted by atomic mass is 10.1. The van der Waals surface area contributed by atoms with E-state index in [-0.39, 0.29) is 11.8 Å². The molecule has 2 amide bonds. The fourth-order valence-electron chi connectivity index (χ4n) is 2.26. The Morgan fingerprint density at radius 1 is 1.08 bits per heavy atom. The third-order valence-electron chi connectivity index (χ3n) is 3.61. The van der Waals surface area contributed by atoms with E-state index in [0.717, 1.165) is 5.52 Å². The van der Waals surface area contributed by atoms with Crippen molar-refractivity contribution in [1.29, 1.82) is 0 Å². The molecule has 0 atom stereocenters. The number of anilines is 1. The normalized spacial score (nSPS) is 10.8. The van der Waals surface area contributed by atoms with Crippen LogP contribution in [0.4, 0.5) is 5.69 Å². The van der Waals surface area contributed by atoms with Crippen molar-refractivity contribution in [2.75, 3.05) is 11.9 Å². The molecule has 0 spiro atoms. The van der Waals surface area contributed by atoms with Gasteiger partial charge in [0.25, 0.3) is 11.8 Å². The molecular weight excluding hydrogens is 318 g/mol. The summed E-state index contributed by atoms with van der Waals surface area (Å²) in [5, 5.41) is 12.3. The Bertz CT molecular complexity index is 899. The van der Waals surface area contributed by atoms with Crippen LogP contribution < -0.4 is 10.6 Å². The molecule has 3 rings (SSSR count). The number of hydrogen-bond donors (Lipinski definition) is 3. The van der Waals surface area contributed by atoms with Crippen LogP contribution in [0.25, 0.3) is 11.0 Å². The molecule has 0 aliphatic heterocycles. The molecule has 0 aliphatic carbocycles. The Balaban J connectivity index is 1.66. The number of benzene rings is 1. The van der Waals surface area contributed by atoms with Crippen LogP contribution >= 0.6 is 0 Å². The first-order valence-corrected chi connectivity index (χ1v) is 8.02. The Kier molecular flexibility index (Phi) is 4.74. The van der Waals surface area contributed by atoms with Crippen LogP contribution in [0.15, 0.2) is 42.6 Å². The van der Waals surface area contributed by atoms with Gasteiger partial charge in [0.1, 0.15) is 11.2 Å². The quantitative estimate of drug-likeness (QED) is 0.666. The third-order valence-corrected chi connectivity index (χ3v) is 3.61. The molecule has 0 unspecified atom stereocenters. The number of pyridine rings is 1. The molecule has 2 aromatic heterocycles. The predicted molar refractivity (Wildman–Crippen MR) is 95.5 cm³/mol. The van der Waals surface area contributed by atoms with Crippen molar-refractivity contribution in [2.24, 2.45) is 5.92 Å². The zero-order chi connectivity index (χ0) is 17.8. The van der Waals surface area contributed by atoms with Crippen molar-refractivity contribution in [3.63, 3.8) is 0 Å². The Labute approximate surface area is 144 Å². The van der Waals surface area contributed by atoms with Crippen LogP contribution in [0.1, 0.15) is 34.7 Å². The second kappa shape index (κ2) is 7.12. The lowest BCUT2D eigenvalue weighted by molar-refractivity contribution is 0.0948. The average Bonchev–Trinajstić information content (AvgIpc) is 3.08. The Morgan fingerprint density at radius 2 is 1.84 bits per heavy atom. The van der Waals surface area contributed by atoms with Crippen molar-refractivity contribution in [1.82, 2.24) is 20.5 Å². The summed E-state index contributed by atoms with van der Waals surface area (Å²) in [4.78, 5) is 28.5. The molecule has 0 aliphatic rings. The smallest absolute Gasteiger partial charge is 0.274 e. The van der Waals surface area contributed by atoms with Gasteiger partial charge in [0.05, 0.1) is 11.7 Å². The van der Waals surface area contributed by atoms with E-state index in [9.17, 15) is 9.59 Å². The van der Waals surface area contributed by atoms with Crippen molar-refractivity contribution in [2.45, 2.75) is 13.8 Å². The second-order valence-electron chi connectivity index (χ2n) is 6.13. The van der Waals surface area contributed by atoms with Gasteiger partial charge in [0.15, 0.2) is 0 Å². The highest BCUT2D eigenvalue weighted by molar-refractivity contribution is 6.04. The third kappa shape index (κ3) is 4.00. The van der Waals surface area contributed by atoms with Crippen molar-refractivity contribution >= 4 is 28.5 Å². The molecular formula is C18H19N5O2. The number of rotatable bonds is 5. The number of carbonyl (C=O) groups excluding carboxylic acids is 2. The van der Waals surface area contributed by atoms with E-state index in [1.54, 1.807) is 42.6 Å². The number of nitrogens with one attached hydrogen (secondary N) is 3. The van der Waals surface area contributed by atoms with Gasteiger partial charge in [0, 0.05) is 17.8 Å². The van der Waals surface area contributed by atoms with E-state index in [0.29, 0.717) is 34.9 Å². The molecule has 0 saturated carbocycles. The first kappa shape index (κ1) is 16.6.